The summed E-state index contributed by atoms with van der Waals surface area (Å²) in [6.07, 6.45) is 1.70. The van der Waals surface area contributed by atoms with E-state index in [0.29, 0.717) is 6.42 Å². The smallest absolute Gasteiger partial charge is 0.311 e. The number of aliphatic hydroxyl groups is 1. The fourth-order valence-electron chi connectivity index (χ4n) is 1.50. The second kappa shape index (κ2) is 5.38. The normalized spacial score (nSPS) is 16.7. The molecule has 0 aromatic heterocycles. The van der Waals surface area contributed by atoms with Crippen molar-refractivity contribution in [1.29, 1.82) is 0 Å². The molecule has 1 aliphatic rings. The summed E-state index contributed by atoms with van der Waals surface area (Å²) in [7, 11) is 0. The number of carboxylic acids is 1. The molecule has 84 valence electrons. The summed E-state index contributed by atoms with van der Waals surface area (Å²) in [5.74, 6) is -0.202. The first kappa shape index (κ1) is 11.6. The first-order valence-electron chi connectivity index (χ1n) is 5.01. The summed E-state index contributed by atoms with van der Waals surface area (Å²) in [5.41, 5.74) is 0. The van der Waals surface area contributed by atoms with Crippen LogP contribution in [-0.2, 0) is 4.79 Å². The Labute approximate surface area is 88.7 Å². The van der Waals surface area contributed by atoms with Gasteiger partial charge in [0, 0.05) is 19.5 Å². The Hall–Kier alpha value is -1.52. The van der Waals surface area contributed by atoms with E-state index in [1.165, 1.54) is 6.08 Å². The molecule has 0 bridgehead atoms. The Morgan fingerprint density at radius 2 is 2.33 bits per heavy atom. The average Bonchev–Trinajstić information content (AvgIpc) is 2.60. The van der Waals surface area contributed by atoms with Crippen LogP contribution in [0.5, 0.6) is 0 Å². The maximum Gasteiger partial charge on any atom is 0.311 e. The van der Waals surface area contributed by atoms with Gasteiger partial charge in [0.2, 0.25) is 0 Å². The van der Waals surface area contributed by atoms with Crippen LogP contribution in [0.3, 0.4) is 0 Å². The quantitative estimate of drug-likeness (QED) is 0.667. The minimum Gasteiger partial charge on any atom is -0.512 e. The predicted octanol–water partition coefficient (Wildman–Crippen LogP) is 1.03. The topological polar surface area (TPSA) is 73.1 Å². The molecule has 0 amide bonds. The predicted molar refractivity (Wildman–Crippen MR) is 57.1 cm³/mol. The van der Waals surface area contributed by atoms with E-state index in [1.807, 2.05) is 6.92 Å². The fourth-order valence-corrected chi connectivity index (χ4v) is 1.50. The molecular formula is C10H16N2O3. The summed E-state index contributed by atoms with van der Waals surface area (Å²) in [6, 6.07) is 0. The van der Waals surface area contributed by atoms with E-state index < -0.39 is 5.97 Å². The van der Waals surface area contributed by atoms with Crippen molar-refractivity contribution in [2.75, 3.05) is 19.6 Å². The molecule has 1 rings (SSSR count). The van der Waals surface area contributed by atoms with E-state index in [4.69, 9.17) is 5.11 Å². The van der Waals surface area contributed by atoms with E-state index in [1.54, 1.807) is 0 Å². The number of likely N-dealkylation sites (N-methyl/N-ethyl adjacent to an activating group) is 1. The van der Waals surface area contributed by atoms with Crippen LogP contribution in [-0.4, -0.2) is 46.6 Å². The van der Waals surface area contributed by atoms with Crippen LogP contribution in [0.15, 0.2) is 16.8 Å². The SMILES string of the molecule is CCN1CCN=C1CC=C(O)CC(=O)O. The largest absolute Gasteiger partial charge is 0.512 e. The molecule has 0 saturated carbocycles. The maximum absolute atomic E-state index is 10.3. The van der Waals surface area contributed by atoms with Crippen molar-refractivity contribution in [3.05, 3.63) is 11.8 Å². The third-order valence-corrected chi connectivity index (χ3v) is 2.26. The molecule has 1 aliphatic heterocycles. The lowest BCUT2D eigenvalue weighted by atomic mass is 10.2. The van der Waals surface area contributed by atoms with E-state index in [2.05, 4.69) is 9.89 Å². The number of amidine groups is 1. The van der Waals surface area contributed by atoms with Gasteiger partial charge >= 0.3 is 5.97 Å². The first-order chi connectivity index (χ1) is 7.13. The van der Waals surface area contributed by atoms with Crippen LogP contribution < -0.4 is 0 Å². The fraction of sp³-hybridized carbons (Fsp3) is 0.600. The van der Waals surface area contributed by atoms with Crippen molar-refractivity contribution in [3.8, 4) is 0 Å². The summed E-state index contributed by atoms with van der Waals surface area (Å²) >= 11 is 0. The van der Waals surface area contributed by atoms with Crippen LogP contribution in [0.25, 0.3) is 0 Å². The van der Waals surface area contributed by atoms with Gasteiger partial charge in [-0.3, -0.25) is 9.79 Å². The van der Waals surface area contributed by atoms with Gasteiger partial charge in [0.25, 0.3) is 0 Å². The van der Waals surface area contributed by atoms with Crippen LogP contribution in [0.4, 0.5) is 0 Å². The molecule has 0 radical (unpaired) electrons. The molecule has 15 heavy (non-hydrogen) atoms. The Morgan fingerprint density at radius 3 is 2.93 bits per heavy atom. The summed E-state index contributed by atoms with van der Waals surface area (Å²) in [4.78, 5) is 16.7. The molecule has 0 saturated heterocycles. The molecule has 0 aliphatic carbocycles. The van der Waals surface area contributed by atoms with Gasteiger partial charge in [0.1, 0.15) is 12.3 Å². The Balaban J connectivity index is 2.45. The van der Waals surface area contributed by atoms with Crippen LogP contribution >= 0.6 is 0 Å². The van der Waals surface area contributed by atoms with Crippen molar-refractivity contribution >= 4 is 11.8 Å². The van der Waals surface area contributed by atoms with E-state index in [0.717, 1.165) is 25.5 Å². The number of aliphatic carboxylic acids is 1. The molecule has 0 fully saturated rings. The lowest BCUT2D eigenvalue weighted by Gasteiger charge is -2.16. The van der Waals surface area contributed by atoms with Gasteiger partial charge in [-0.1, -0.05) is 0 Å². The Bertz CT molecular complexity index is 297. The zero-order valence-corrected chi connectivity index (χ0v) is 8.81. The molecule has 0 aromatic carbocycles. The number of nitrogens with zero attached hydrogens (tertiary/aromatic N) is 2. The molecule has 0 spiro atoms. The Morgan fingerprint density at radius 1 is 1.60 bits per heavy atom. The molecule has 1 heterocycles. The van der Waals surface area contributed by atoms with Crippen molar-refractivity contribution in [1.82, 2.24) is 4.90 Å². The second-order valence-electron chi connectivity index (χ2n) is 3.35. The molecule has 0 atom stereocenters. The van der Waals surface area contributed by atoms with E-state index in [-0.39, 0.29) is 12.2 Å². The highest BCUT2D eigenvalue weighted by Crippen LogP contribution is 2.07. The van der Waals surface area contributed by atoms with Crippen LogP contribution in [0.2, 0.25) is 0 Å². The molecular weight excluding hydrogens is 196 g/mol. The zero-order chi connectivity index (χ0) is 11.3. The minimum atomic E-state index is -1.02. The number of rotatable bonds is 5. The highest BCUT2D eigenvalue weighted by Gasteiger charge is 2.13. The van der Waals surface area contributed by atoms with Gasteiger partial charge < -0.3 is 15.1 Å². The monoisotopic (exact) mass is 212 g/mol. The van der Waals surface area contributed by atoms with Gasteiger partial charge in [-0.05, 0) is 13.0 Å². The highest BCUT2D eigenvalue weighted by atomic mass is 16.4. The van der Waals surface area contributed by atoms with Crippen molar-refractivity contribution in [2.24, 2.45) is 4.99 Å². The van der Waals surface area contributed by atoms with Gasteiger partial charge in [-0.25, -0.2) is 0 Å². The minimum absolute atomic E-state index is 0.104. The molecule has 0 unspecified atom stereocenters. The highest BCUT2D eigenvalue weighted by molar-refractivity contribution is 5.85. The van der Waals surface area contributed by atoms with Gasteiger partial charge in [0.05, 0.1) is 12.3 Å². The first-order valence-corrected chi connectivity index (χ1v) is 5.01. The van der Waals surface area contributed by atoms with Crippen molar-refractivity contribution in [2.45, 2.75) is 19.8 Å². The van der Waals surface area contributed by atoms with Gasteiger partial charge in [0.15, 0.2) is 0 Å². The standard InChI is InChI=1S/C10H16N2O3/c1-2-12-6-5-11-9(12)4-3-8(13)7-10(14)15/h3,13H,2,4-7H2,1H3,(H,14,15). The van der Waals surface area contributed by atoms with Crippen molar-refractivity contribution < 1.29 is 15.0 Å². The molecule has 5 heteroatoms. The van der Waals surface area contributed by atoms with Crippen molar-refractivity contribution in [3.63, 3.8) is 0 Å². The molecule has 0 aromatic rings. The molecule has 2 N–H and O–H groups in total. The second-order valence-corrected chi connectivity index (χ2v) is 3.35. The number of aliphatic imine (C=N–C) groups is 1. The Kier molecular flexibility index (Phi) is 4.15. The lowest BCUT2D eigenvalue weighted by molar-refractivity contribution is -0.136. The number of carboxylic acid groups (broad SMARTS) is 1. The third-order valence-electron chi connectivity index (χ3n) is 2.26. The van der Waals surface area contributed by atoms with E-state index in [9.17, 15) is 9.90 Å². The maximum atomic E-state index is 10.3. The molecule has 5 nitrogen and oxygen atoms in total. The van der Waals surface area contributed by atoms with Gasteiger partial charge in [-0.2, -0.15) is 0 Å². The average molecular weight is 212 g/mol. The number of hydrogen-bond donors (Lipinski definition) is 2. The van der Waals surface area contributed by atoms with Crippen LogP contribution in [0.1, 0.15) is 19.8 Å². The number of aliphatic hydroxyl groups excluding tert-OH is 1. The third kappa shape index (κ3) is 3.61. The number of hydrogen-bond acceptors (Lipinski definition) is 4. The summed E-state index contributed by atoms with van der Waals surface area (Å²) in [5, 5.41) is 17.7. The van der Waals surface area contributed by atoms with Gasteiger partial charge in [-0.15, -0.1) is 0 Å². The summed E-state index contributed by atoms with van der Waals surface area (Å²) in [6.45, 7) is 4.64. The van der Waals surface area contributed by atoms with E-state index >= 15 is 0 Å². The lowest BCUT2D eigenvalue weighted by Crippen LogP contribution is -2.26. The summed E-state index contributed by atoms with van der Waals surface area (Å²) < 4.78 is 0. The zero-order valence-electron chi connectivity index (χ0n) is 8.81. The number of carbonyl (C=O) groups is 1. The van der Waals surface area contributed by atoms with Crippen LogP contribution in [0, 0.1) is 0 Å².